The lowest BCUT2D eigenvalue weighted by atomic mass is 9.84. The molecule has 1 aliphatic carbocycles. The molecule has 3 nitrogen and oxygen atoms in total. The number of hydrogen-bond donors (Lipinski definition) is 0. The van der Waals surface area contributed by atoms with Gasteiger partial charge < -0.3 is 9.64 Å². The van der Waals surface area contributed by atoms with Crippen LogP contribution in [0.2, 0.25) is 0 Å². The Balaban J connectivity index is 1.79. The lowest BCUT2D eigenvalue weighted by Crippen LogP contribution is -2.45. The molecule has 0 bridgehead atoms. The van der Waals surface area contributed by atoms with Gasteiger partial charge in [0.15, 0.2) is 0 Å². The average Bonchev–Trinajstić information content (AvgIpc) is 3.33. The normalized spacial score (nSPS) is 22.4. The molecule has 0 unspecified atom stereocenters. The summed E-state index contributed by atoms with van der Waals surface area (Å²) in [5.74, 6) is -0.0891. The maximum Gasteiger partial charge on any atom is 0.306 e. The first kappa shape index (κ1) is 13.6. The Kier molecular flexibility index (Phi) is 3.79. The first-order valence-electron chi connectivity index (χ1n) is 7.75. The summed E-state index contributed by atoms with van der Waals surface area (Å²) in [6, 6.07) is 11.1. The van der Waals surface area contributed by atoms with Gasteiger partial charge in [0.1, 0.15) is 5.60 Å². The highest BCUT2D eigenvalue weighted by atomic mass is 16.6. The number of nitrogens with zero attached hydrogens (tertiary/aromatic N) is 1. The fourth-order valence-corrected chi connectivity index (χ4v) is 3.17. The van der Waals surface area contributed by atoms with Crippen LogP contribution in [0, 0.1) is 0 Å². The lowest BCUT2D eigenvalue weighted by Gasteiger charge is -2.41. The number of ether oxygens (including phenoxy) is 1. The lowest BCUT2D eigenvalue weighted by molar-refractivity contribution is -0.166. The standard InChI is InChI=1S/C17H23NO2/c1-2-16(19)20-17(14-6-4-3-5-7-14)10-12-18(13-11-17)15-8-9-15/h3-7,15H,2,8-13H2,1H3. The van der Waals surface area contributed by atoms with Crippen LogP contribution in [0.5, 0.6) is 0 Å². The first-order valence-corrected chi connectivity index (χ1v) is 7.75. The SMILES string of the molecule is CCC(=O)OC1(c2ccccc2)CCN(C2CC2)CC1. The van der Waals surface area contributed by atoms with Crippen molar-refractivity contribution in [2.45, 2.75) is 50.7 Å². The van der Waals surface area contributed by atoms with Gasteiger partial charge in [-0.2, -0.15) is 0 Å². The summed E-state index contributed by atoms with van der Waals surface area (Å²) in [7, 11) is 0. The third-order valence-corrected chi connectivity index (χ3v) is 4.57. The smallest absolute Gasteiger partial charge is 0.306 e. The number of piperidine rings is 1. The van der Waals surface area contributed by atoms with Gasteiger partial charge in [-0.1, -0.05) is 37.3 Å². The maximum absolute atomic E-state index is 11.9. The fraction of sp³-hybridized carbons (Fsp3) is 0.588. The average molecular weight is 273 g/mol. The molecule has 20 heavy (non-hydrogen) atoms. The monoisotopic (exact) mass is 273 g/mol. The minimum absolute atomic E-state index is 0.0891. The molecule has 2 aliphatic rings. The van der Waals surface area contributed by atoms with E-state index in [1.54, 1.807) is 0 Å². The molecular formula is C17H23NO2. The molecule has 0 atom stereocenters. The second-order valence-corrected chi connectivity index (χ2v) is 5.96. The number of rotatable bonds is 4. The van der Waals surface area contributed by atoms with E-state index >= 15 is 0 Å². The molecular weight excluding hydrogens is 250 g/mol. The molecule has 3 heteroatoms. The van der Waals surface area contributed by atoms with E-state index in [9.17, 15) is 4.79 Å². The van der Waals surface area contributed by atoms with E-state index in [2.05, 4.69) is 17.0 Å². The van der Waals surface area contributed by atoms with Crippen molar-refractivity contribution in [1.82, 2.24) is 4.90 Å². The molecule has 0 amide bonds. The summed E-state index contributed by atoms with van der Waals surface area (Å²) < 4.78 is 5.90. The molecule has 0 aromatic heterocycles. The highest BCUT2D eigenvalue weighted by Crippen LogP contribution is 2.40. The Morgan fingerprint density at radius 3 is 2.45 bits per heavy atom. The van der Waals surface area contributed by atoms with Gasteiger partial charge in [0.25, 0.3) is 0 Å². The van der Waals surface area contributed by atoms with E-state index in [1.807, 2.05) is 25.1 Å². The van der Waals surface area contributed by atoms with Crippen LogP contribution in [0.3, 0.4) is 0 Å². The van der Waals surface area contributed by atoms with Gasteiger partial charge >= 0.3 is 5.97 Å². The Hall–Kier alpha value is -1.35. The van der Waals surface area contributed by atoms with E-state index in [4.69, 9.17) is 4.74 Å². The summed E-state index contributed by atoms with van der Waals surface area (Å²) in [6.07, 6.45) is 4.96. The second kappa shape index (κ2) is 5.57. The van der Waals surface area contributed by atoms with E-state index in [1.165, 1.54) is 12.8 Å². The number of benzene rings is 1. The molecule has 1 saturated heterocycles. The van der Waals surface area contributed by atoms with Gasteiger partial charge in [-0.15, -0.1) is 0 Å². The van der Waals surface area contributed by atoms with Crippen molar-refractivity contribution in [2.75, 3.05) is 13.1 Å². The molecule has 1 aromatic carbocycles. The minimum atomic E-state index is -0.403. The van der Waals surface area contributed by atoms with E-state index in [0.29, 0.717) is 6.42 Å². The van der Waals surface area contributed by atoms with Gasteiger partial charge in [-0.3, -0.25) is 4.79 Å². The molecule has 0 N–H and O–H groups in total. The first-order chi connectivity index (χ1) is 9.73. The van der Waals surface area contributed by atoms with Crippen LogP contribution in [0.1, 0.15) is 44.6 Å². The van der Waals surface area contributed by atoms with Crippen LogP contribution < -0.4 is 0 Å². The number of esters is 1. The van der Waals surface area contributed by atoms with Gasteiger partial charge in [-0.05, 0) is 18.4 Å². The number of likely N-dealkylation sites (tertiary alicyclic amines) is 1. The van der Waals surface area contributed by atoms with Crippen molar-refractivity contribution >= 4 is 5.97 Å². The summed E-state index contributed by atoms with van der Waals surface area (Å²) in [6.45, 7) is 3.94. The Bertz CT molecular complexity index is 459. The van der Waals surface area contributed by atoms with Crippen molar-refractivity contribution in [1.29, 1.82) is 0 Å². The third-order valence-electron chi connectivity index (χ3n) is 4.57. The number of carbonyl (C=O) groups is 1. The van der Waals surface area contributed by atoms with Crippen molar-refractivity contribution in [2.24, 2.45) is 0 Å². The van der Waals surface area contributed by atoms with E-state index in [0.717, 1.165) is 37.5 Å². The largest absolute Gasteiger partial charge is 0.454 e. The Morgan fingerprint density at radius 1 is 1.25 bits per heavy atom. The van der Waals surface area contributed by atoms with Crippen LogP contribution in [-0.4, -0.2) is 30.0 Å². The van der Waals surface area contributed by atoms with Gasteiger partial charge in [0, 0.05) is 38.4 Å². The number of carbonyl (C=O) groups excluding carboxylic acids is 1. The molecule has 0 radical (unpaired) electrons. The summed E-state index contributed by atoms with van der Waals surface area (Å²) in [5.41, 5.74) is 0.747. The molecule has 108 valence electrons. The topological polar surface area (TPSA) is 29.5 Å². The van der Waals surface area contributed by atoms with Gasteiger partial charge in [-0.25, -0.2) is 0 Å². The molecule has 1 heterocycles. The van der Waals surface area contributed by atoms with Gasteiger partial charge in [0.05, 0.1) is 0 Å². The summed E-state index contributed by atoms with van der Waals surface area (Å²) in [4.78, 5) is 14.4. The summed E-state index contributed by atoms with van der Waals surface area (Å²) >= 11 is 0. The molecule has 2 fully saturated rings. The molecule has 3 rings (SSSR count). The van der Waals surface area contributed by atoms with Crippen molar-refractivity contribution in [3.05, 3.63) is 35.9 Å². The predicted molar refractivity (Wildman–Crippen MR) is 78.3 cm³/mol. The Labute approximate surface area is 120 Å². The minimum Gasteiger partial charge on any atom is -0.454 e. The zero-order valence-electron chi connectivity index (χ0n) is 12.2. The fourth-order valence-electron chi connectivity index (χ4n) is 3.17. The molecule has 1 saturated carbocycles. The Morgan fingerprint density at radius 2 is 1.90 bits per heavy atom. The highest BCUT2D eigenvalue weighted by molar-refractivity contribution is 5.69. The molecule has 1 aliphatic heterocycles. The zero-order chi connectivity index (χ0) is 14.0. The van der Waals surface area contributed by atoms with Crippen molar-refractivity contribution in [3.63, 3.8) is 0 Å². The number of hydrogen-bond acceptors (Lipinski definition) is 3. The molecule has 0 spiro atoms. The summed E-state index contributed by atoms with van der Waals surface area (Å²) in [5, 5.41) is 0. The van der Waals surface area contributed by atoms with Crippen molar-refractivity contribution < 1.29 is 9.53 Å². The van der Waals surface area contributed by atoms with Crippen LogP contribution in [0.4, 0.5) is 0 Å². The predicted octanol–water partition coefficient (Wildman–Crippen LogP) is 3.09. The second-order valence-electron chi connectivity index (χ2n) is 5.96. The maximum atomic E-state index is 11.9. The van der Waals surface area contributed by atoms with Crippen LogP contribution >= 0.6 is 0 Å². The van der Waals surface area contributed by atoms with E-state index < -0.39 is 5.60 Å². The quantitative estimate of drug-likeness (QED) is 0.790. The van der Waals surface area contributed by atoms with Crippen molar-refractivity contribution in [3.8, 4) is 0 Å². The zero-order valence-corrected chi connectivity index (χ0v) is 12.2. The van der Waals surface area contributed by atoms with Crippen LogP contribution in [0.15, 0.2) is 30.3 Å². The van der Waals surface area contributed by atoms with Crippen LogP contribution in [-0.2, 0) is 15.1 Å². The highest BCUT2D eigenvalue weighted by Gasteiger charge is 2.42. The van der Waals surface area contributed by atoms with Gasteiger partial charge in [0.2, 0.25) is 0 Å². The van der Waals surface area contributed by atoms with Crippen LogP contribution in [0.25, 0.3) is 0 Å². The van der Waals surface area contributed by atoms with E-state index in [-0.39, 0.29) is 5.97 Å². The molecule has 1 aromatic rings. The third kappa shape index (κ3) is 2.73.